The number of nitrogens with one attached hydrogen (secondary N) is 2. The third-order valence-corrected chi connectivity index (χ3v) is 4.86. The van der Waals surface area contributed by atoms with Crippen molar-refractivity contribution in [1.29, 1.82) is 0 Å². The van der Waals surface area contributed by atoms with Crippen LogP contribution < -0.4 is 10.6 Å². The van der Waals surface area contributed by atoms with Crippen LogP contribution in [0, 0.1) is 11.2 Å². The van der Waals surface area contributed by atoms with E-state index in [0.29, 0.717) is 25.1 Å². The Bertz CT molecular complexity index is 732. The SMILES string of the molecule is CC1(C)C[C@]1(C(=O)NCCNc1cccnc1)c1ccccc1F. The topological polar surface area (TPSA) is 54.0 Å². The third-order valence-electron chi connectivity index (χ3n) is 4.86. The van der Waals surface area contributed by atoms with Crippen LogP contribution in [0.1, 0.15) is 25.8 Å². The molecular formula is C19H22FN3O. The number of hydrogen-bond acceptors (Lipinski definition) is 3. The Morgan fingerprint density at radius 2 is 1.96 bits per heavy atom. The number of anilines is 1. The summed E-state index contributed by atoms with van der Waals surface area (Å²) in [5, 5.41) is 6.14. The molecule has 24 heavy (non-hydrogen) atoms. The number of benzene rings is 1. The normalized spacial score (nSPS) is 21.1. The lowest BCUT2D eigenvalue weighted by atomic mass is 9.86. The Morgan fingerprint density at radius 3 is 2.58 bits per heavy atom. The number of amides is 1. The van der Waals surface area contributed by atoms with Crippen molar-refractivity contribution in [1.82, 2.24) is 10.3 Å². The molecule has 4 nitrogen and oxygen atoms in total. The molecule has 1 aliphatic carbocycles. The number of carbonyl (C=O) groups excluding carboxylic acids is 1. The second kappa shape index (κ2) is 6.23. The van der Waals surface area contributed by atoms with Gasteiger partial charge in [-0.2, -0.15) is 0 Å². The minimum atomic E-state index is -0.771. The van der Waals surface area contributed by atoms with Crippen molar-refractivity contribution < 1.29 is 9.18 Å². The lowest BCUT2D eigenvalue weighted by Crippen LogP contribution is -2.40. The Labute approximate surface area is 141 Å². The summed E-state index contributed by atoms with van der Waals surface area (Å²) in [5.41, 5.74) is 0.387. The van der Waals surface area contributed by atoms with Gasteiger partial charge in [0, 0.05) is 31.0 Å². The van der Waals surface area contributed by atoms with E-state index in [1.807, 2.05) is 26.0 Å². The molecule has 0 bridgehead atoms. The van der Waals surface area contributed by atoms with Crippen LogP contribution in [0.2, 0.25) is 0 Å². The summed E-state index contributed by atoms with van der Waals surface area (Å²) in [7, 11) is 0. The molecule has 1 aromatic carbocycles. The van der Waals surface area contributed by atoms with Crippen LogP contribution in [0.3, 0.4) is 0 Å². The maximum atomic E-state index is 14.2. The van der Waals surface area contributed by atoms with Gasteiger partial charge in [-0.1, -0.05) is 32.0 Å². The molecular weight excluding hydrogens is 305 g/mol. The second-order valence-corrected chi connectivity index (χ2v) is 6.87. The fraction of sp³-hybridized carbons (Fsp3) is 0.368. The summed E-state index contributed by atoms with van der Waals surface area (Å²) >= 11 is 0. The number of aromatic nitrogens is 1. The highest BCUT2D eigenvalue weighted by Crippen LogP contribution is 2.64. The Morgan fingerprint density at radius 1 is 1.21 bits per heavy atom. The van der Waals surface area contributed by atoms with Crippen molar-refractivity contribution in [3.05, 3.63) is 60.2 Å². The van der Waals surface area contributed by atoms with E-state index in [4.69, 9.17) is 0 Å². The van der Waals surface area contributed by atoms with Gasteiger partial charge < -0.3 is 10.6 Å². The molecule has 5 heteroatoms. The first-order valence-corrected chi connectivity index (χ1v) is 8.15. The van der Waals surface area contributed by atoms with Gasteiger partial charge in [-0.05, 0) is 30.0 Å². The molecule has 1 fully saturated rings. The number of pyridine rings is 1. The van der Waals surface area contributed by atoms with E-state index in [-0.39, 0.29) is 17.1 Å². The zero-order valence-electron chi connectivity index (χ0n) is 14.0. The van der Waals surface area contributed by atoms with Crippen molar-refractivity contribution in [2.45, 2.75) is 25.7 Å². The molecule has 1 amide bonds. The zero-order valence-corrected chi connectivity index (χ0v) is 14.0. The number of carbonyl (C=O) groups is 1. The number of hydrogen-bond donors (Lipinski definition) is 2. The summed E-state index contributed by atoms with van der Waals surface area (Å²) < 4.78 is 14.2. The molecule has 126 valence electrons. The zero-order chi connectivity index (χ0) is 17.2. The van der Waals surface area contributed by atoms with Gasteiger partial charge in [-0.3, -0.25) is 9.78 Å². The molecule has 0 radical (unpaired) electrons. The molecule has 1 saturated carbocycles. The molecule has 0 aliphatic heterocycles. The second-order valence-electron chi connectivity index (χ2n) is 6.87. The summed E-state index contributed by atoms with van der Waals surface area (Å²) in [6.45, 7) is 5.07. The van der Waals surface area contributed by atoms with E-state index in [0.717, 1.165) is 5.69 Å². The molecule has 2 N–H and O–H groups in total. The van der Waals surface area contributed by atoms with Crippen LogP contribution in [-0.2, 0) is 10.2 Å². The van der Waals surface area contributed by atoms with Crippen molar-refractivity contribution >= 4 is 11.6 Å². The predicted octanol–water partition coefficient (Wildman–Crippen LogP) is 3.12. The van der Waals surface area contributed by atoms with Gasteiger partial charge in [-0.25, -0.2) is 4.39 Å². The van der Waals surface area contributed by atoms with Crippen LogP contribution in [0.25, 0.3) is 0 Å². The maximum absolute atomic E-state index is 14.2. The van der Waals surface area contributed by atoms with E-state index >= 15 is 0 Å². The Balaban J connectivity index is 1.63. The van der Waals surface area contributed by atoms with Crippen LogP contribution in [0.5, 0.6) is 0 Å². The van der Waals surface area contributed by atoms with Crippen LogP contribution in [0.15, 0.2) is 48.8 Å². The van der Waals surface area contributed by atoms with Crippen molar-refractivity contribution in [2.75, 3.05) is 18.4 Å². The fourth-order valence-electron chi connectivity index (χ4n) is 3.40. The van der Waals surface area contributed by atoms with Gasteiger partial charge in [0.25, 0.3) is 0 Å². The summed E-state index contributed by atoms with van der Waals surface area (Å²) in [5.74, 6) is -0.419. The van der Waals surface area contributed by atoms with Crippen molar-refractivity contribution in [2.24, 2.45) is 5.41 Å². The molecule has 1 aliphatic rings. The lowest BCUT2D eigenvalue weighted by molar-refractivity contribution is -0.124. The molecule has 0 unspecified atom stereocenters. The largest absolute Gasteiger partial charge is 0.382 e. The van der Waals surface area contributed by atoms with E-state index < -0.39 is 5.41 Å². The van der Waals surface area contributed by atoms with Gasteiger partial charge in [0.2, 0.25) is 5.91 Å². The molecule has 0 saturated heterocycles. The lowest BCUT2D eigenvalue weighted by Gasteiger charge is -2.21. The van der Waals surface area contributed by atoms with Crippen LogP contribution >= 0.6 is 0 Å². The Kier molecular flexibility index (Phi) is 4.26. The highest BCUT2D eigenvalue weighted by molar-refractivity contribution is 5.93. The highest BCUT2D eigenvalue weighted by atomic mass is 19.1. The smallest absolute Gasteiger partial charge is 0.231 e. The third kappa shape index (κ3) is 2.86. The summed E-state index contributed by atoms with van der Waals surface area (Å²) in [6.07, 6.45) is 4.09. The minimum absolute atomic E-state index is 0.106. The predicted molar refractivity (Wildman–Crippen MR) is 92.2 cm³/mol. The first-order valence-electron chi connectivity index (χ1n) is 8.15. The molecule has 2 aromatic rings. The van der Waals surface area contributed by atoms with E-state index in [1.54, 1.807) is 30.6 Å². The standard InChI is InChI=1S/C19H22FN3O/c1-18(2)13-19(18,15-7-3-4-8-16(15)20)17(24)23-11-10-22-14-6-5-9-21-12-14/h3-9,12,22H,10-11,13H2,1-2H3,(H,23,24)/t19-/m1/s1. The summed E-state index contributed by atoms with van der Waals surface area (Å²) in [4.78, 5) is 16.8. The molecule has 1 aromatic heterocycles. The Hall–Kier alpha value is -2.43. The van der Waals surface area contributed by atoms with Gasteiger partial charge in [-0.15, -0.1) is 0 Å². The first kappa shape index (κ1) is 16.4. The van der Waals surface area contributed by atoms with E-state index in [1.165, 1.54) is 6.07 Å². The van der Waals surface area contributed by atoms with Gasteiger partial charge in [0.1, 0.15) is 5.82 Å². The molecule has 1 heterocycles. The number of rotatable bonds is 6. The average molecular weight is 327 g/mol. The van der Waals surface area contributed by atoms with Crippen molar-refractivity contribution in [3.63, 3.8) is 0 Å². The van der Waals surface area contributed by atoms with E-state index in [9.17, 15) is 9.18 Å². The first-order chi connectivity index (χ1) is 11.5. The molecule has 3 rings (SSSR count). The fourth-order valence-corrected chi connectivity index (χ4v) is 3.40. The highest BCUT2D eigenvalue weighted by Gasteiger charge is 2.67. The van der Waals surface area contributed by atoms with Crippen LogP contribution in [-0.4, -0.2) is 24.0 Å². The van der Waals surface area contributed by atoms with Crippen molar-refractivity contribution in [3.8, 4) is 0 Å². The van der Waals surface area contributed by atoms with Gasteiger partial charge in [0.05, 0.1) is 11.1 Å². The number of halogens is 1. The quantitative estimate of drug-likeness (QED) is 0.802. The molecule has 1 atom stereocenters. The monoisotopic (exact) mass is 327 g/mol. The van der Waals surface area contributed by atoms with Crippen LogP contribution in [0.4, 0.5) is 10.1 Å². The van der Waals surface area contributed by atoms with Gasteiger partial charge >= 0.3 is 0 Å². The average Bonchev–Trinajstić information content (AvgIpc) is 3.16. The minimum Gasteiger partial charge on any atom is -0.382 e. The maximum Gasteiger partial charge on any atom is 0.231 e. The van der Waals surface area contributed by atoms with E-state index in [2.05, 4.69) is 15.6 Å². The van der Waals surface area contributed by atoms with Gasteiger partial charge in [0.15, 0.2) is 0 Å². The molecule has 0 spiro atoms. The number of nitrogens with zero attached hydrogens (tertiary/aromatic N) is 1. The summed E-state index contributed by atoms with van der Waals surface area (Å²) in [6, 6.07) is 10.3.